The number of ether oxygens (including phenoxy) is 1. The van der Waals surface area contributed by atoms with Crippen LogP contribution >= 0.6 is 0 Å². The SMILES string of the molecule is C/C=C/C=C/C=C/CCCCC(=O)OC(CC(=O)O)C[N+](C)(C)C. The van der Waals surface area contributed by atoms with Crippen molar-refractivity contribution in [1.82, 2.24) is 0 Å². The molecule has 1 unspecified atom stereocenters. The first-order chi connectivity index (χ1) is 11.2. The number of unbranched alkanes of at least 4 members (excludes halogenated alkanes) is 2. The number of quaternary nitrogens is 1. The maximum absolute atomic E-state index is 11.9. The first-order valence-electron chi connectivity index (χ1n) is 8.41. The van der Waals surface area contributed by atoms with E-state index in [0.717, 1.165) is 19.3 Å². The molecule has 5 heteroatoms. The minimum absolute atomic E-state index is 0.150. The summed E-state index contributed by atoms with van der Waals surface area (Å²) >= 11 is 0. The zero-order valence-electron chi connectivity index (χ0n) is 15.4. The van der Waals surface area contributed by atoms with Crippen LogP contribution in [0.1, 0.15) is 39.0 Å². The molecule has 0 aliphatic heterocycles. The van der Waals surface area contributed by atoms with Crippen LogP contribution in [0.4, 0.5) is 0 Å². The van der Waals surface area contributed by atoms with E-state index in [9.17, 15) is 9.59 Å². The van der Waals surface area contributed by atoms with Crippen LogP contribution in [-0.4, -0.2) is 55.3 Å². The van der Waals surface area contributed by atoms with Crippen molar-refractivity contribution in [2.45, 2.75) is 45.1 Å². The van der Waals surface area contributed by atoms with Crippen LogP contribution in [0, 0.1) is 0 Å². The molecule has 0 aliphatic carbocycles. The van der Waals surface area contributed by atoms with E-state index in [1.165, 1.54) is 0 Å². The molecule has 5 nitrogen and oxygen atoms in total. The molecule has 1 N–H and O–H groups in total. The van der Waals surface area contributed by atoms with Crippen molar-refractivity contribution < 1.29 is 23.9 Å². The lowest BCUT2D eigenvalue weighted by atomic mass is 10.2. The van der Waals surface area contributed by atoms with Crippen LogP contribution in [0.2, 0.25) is 0 Å². The highest BCUT2D eigenvalue weighted by atomic mass is 16.5. The summed E-state index contributed by atoms with van der Waals surface area (Å²) in [6.07, 6.45) is 14.1. The summed E-state index contributed by atoms with van der Waals surface area (Å²) < 4.78 is 5.89. The summed E-state index contributed by atoms with van der Waals surface area (Å²) in [5, 5.41) is 8.93. The molecule has 0 aromatic carbocycles. The molecule has 0 bridgehead atoms. The molecule has 0 spiro atoms. The predicted molar refractivity (Wildman–Crippen MR) is 96.6 cm³/mol. The average molecular weight is 338 g/mol. The molecule has 136 valence electrons. The fraction of sp³-hybridized carbons (Fsp3) is 0.579. The third-order valence-electron chi connectivity index (χ3n) is 3.12. The number of likely N-dealkylation sites (N-methyl/N-ethyl adjacent to an activating group) is 1. The Labute approximate surface area is 145 Å². The Hall–Kier alpha value is -1.88. The number of carboxylic acids is 1. The molecule has 0 saturated carbocycles. The number of esters is 1. The molecule has 0 rings (SSSR count). The van der Waals surface area contributed by atoms with E-state index in [1.54, 1.807) is 0 Å². The maximum atomic E-state index is 11.9. The van der Waals surface area contributed by atoms with Crippen molar-refractivity contribution in [3.05, 3.63) is 36.5 Å². The number of rotatable bonds is 12. The van der Waals surface area contributed by atoms with Gasteiger partial charge in [0.2, 0.25) is 0 Å². The Morgan fingerprint density at radius 3 is 2.33 bits per heavy atom. The fourth-order valence-electron chi connectivity index (χ4n) is 2.14. The van der Waals surface area contributed by atoms with Crippen molar-refractivity contribution in [2.24, 2.45) is 0 Å². The number of hydrogen-bond donors (Lipinski definition) is 1. The van der Waals surface area contributed by atoms with Gasteiger partial charge in [0.05, 0.1) is 27.6 Å². The summed E-state index contributed by atoms with van der Waals surface area (Å²) in [6.45, 7) is 2.45. The highest BCUT2D eigenvalue weighted by Gasteiger charge is 2.24. The smallest absolute Gasteiger partial charge is 0.307 e. The molecule has 0 aliphatic rings. The van der Waals surface area contributed by atoms with E-state index in [-0.39, 0.29) is 12.4 Å². The second kappa shape index (κ2) is 12.5. The largest absolute Gasteiger partial charge is 0.481 e. The predicted octanol–water partition coefficient (Wildman–Crippen LogP) is 3.33. The maximum Gasteiger partial charge on any atom is 0.307 e. The molecule has 0 aromatic rings. The Kier molecular flexibility index (Phi) is 11.5. The lowest BCUT2D eigenvalue weighted by molar-refractivity contribution is -0.873. The normalized spacial score (nSPS) is 13.8. The number of hydrogen-bond acceptors (Lipinski definition) is 3. The number of carboxylic acid groups (broad SMARTS) is 1. The van der Waals surface area contributed by atoms with Gasteiger partial charge in [-0.1, -0.05) is 36.5 Å². The van der Waals surface area contributed by atoms with Gasteiger partial charge >= 0.3 is 11.9 Å². The van der Waals surface area contributed by atoms with Gasteiger partial charge in [0, 0.05) is 6.42 Å². The average Bonchev–Trinajstić information content (AvgIpc) is 2.42. The summed E-state index contributed by atoms with van der Waals surface area (Å²) in [6, 6.07) is 0. The van der Waals surface area contributed by atoms with E-state index < -0.39 is 12.1 Å². The summed E-state index contributed by atoms with van der Waals surface area (Å²) in [5.41, 5.74) is 0. The van der Waals surface area contributed by atoms with Crippen molar-refractivity contribution >= 4 is 11.9 Å². The molecular formula is C19H32NO4+. The van der Waals surface area contributed by atoms with Gasteiger partial charge in [0.25, 0.3) is 0 Å². The minimum Gasteiger partial charge on any atom is -0.481 e. The Balaban J connectivity index is 4.05. The monoisotopic (exact) mass is 338 g/mol. The van der Waals surface area contributed by atoms with E-state index in [2.05, 4.69) is 6.08 Å². The molecular weight excluding hydrogens is 306 g/mol. The van der Waals surface area contributed by atoms with Crippen molar-refractivity contribution in [3.63, 3.8) is 0 Å². The van der Waals surface area contributed by atoms with Gasteiger partial charge < -0.3 is 14.3 Å². The van der Waals surface area contributed by atoms with Gasteiger partial charge in [-0.3, -0.25) is 9.59 Å². The molecule has 0 heterocycles. The van der Waals surface area contributed by atoms with Crippen molar-refractivity contribution in [3.8, 4) is 0 Å². The highest BCUT2D eigenvalue weighted by Crippen LogP contribution is 2.09. The van der Waals surface area contributed by atoms with Crippen molar-refractivity contribution in [2.75, 3.05) is 27.7 Å². The number of aliphatic carboxylic acids is 1. The van der Waals surface area contributed by atoms with E-state index in [4.69, 9.17) is 9.84 Å². The lowest BCUT2D eigenvalue weighted by Crippen LogP contribution is -2.43. The standard InChI is InChI=1S/C19H31NO4/c1-5-6-7-8-9-10-11-12-13-14-19(23)24-17(15-18(21)22)16-20(2,3)4/h5-10,17H,11-16H2,1-4H3/p+1/b6-5+,8-7+,10-9+. The first-order valence-corrected chi connectivity index (χ1v) is 8.41. The first kappa shape index (κ1) is 22.1. The number of carbonyl (C=O) groups is 2. The number of nitrogens with zero attached hydrogens (tertiary/aromatic N) is 1. The Bertz CT molecular complexity index is 458. The lowest BCUT2D eigenvalue weighted by Gasteiger charge is -2.28. The topological polar surface area (TPSA) is 63.6 Å². The van der Waals surface area contributed by atoms with Gasteiger partial charge in [-0.25, -0.2) is 0 Å². The number of allylic oxidation sites excluding steroid dienone is 6. The van der Waals surface area contributed by atoms with Crippen LogP contribution < -0.4 is 0 Å². The minimum atomic E-state index is -0.947. The van der Waals surface area contributed by atoms with Crippen LogP contribution in [0.15, 0.2) is 36.5 Å². The molecule has 0 radical (unpaired) electrons. The molecule has 1 atom stereocenters. The molecule has 0 amide bonds. The Morgan fingerprint density at radius 2 is 1.75 bits per heavy atom. The second-order valence-electron chi connectivity index (χ2n) is 6.77. The molecule has 24 heavy (non-hydrogen) atoms. The summed E-state index contributed by atoms with van der Waals surface area (Å²) in [5.74, 6) is -1.26. The zero-order chi connectivity index (χ0) is 18.4. The quantitative estimate of drug-likeness (QED) is 0.257. The molecule has 0 saturated heterocycles. The highest BCUT2D eigenvalue weighted by molar-refractivity contribution is 5.71. The van der Waals surface area contributed by atoms with Crippen LogP contribution in [0.25, 0.3) is 0 Å². The summed E-state index contributed by atoms with van der Waals surface area (Å²) in [4.78, 5) is 22.8. The van der Waals surface area contributed by atoms with Gasteiger partial charge in [-0.15, -0.1) is 0 Å². The fourth-order valence-corrected chi connectivity index (χ4v) is 2.14. The third kappa shape index (κ3) is 15.0. The van der Waals surface area contributed by atoms with Crippen molar-refractivity contribution in [1.29, 1.82) is 0 Å². The van der Waals surface area contributed by atoms with E-state index >= 15 is 0 Å². The van der Waals surface area contributed by atoms with E-state index in [1.807, 2.05) is 58.4 Å². The van der Waals surface area contributed by atoms with Gasteiger partial charge in [0.15, 0.2) is 6.10 Å². The Morgan fingerprint density at radius 1 is 1.08 bits per heavy atom. The van der Waals surface area contributed by atoms with Gasteiger partial charge in [-0.2, -0.15) is 0 Å². The summed E-state index contributed by atoms with van der Waals surface area (Å²) in [7, 11) is 5.83. The third-order valence-corrected chi connectivity index (χ3v) is 3.12. The van der Waals surface area contributed by atoms with Crippen LogP contribution in [0.5, 0.6) is 0 Å². The second-order valence-corrected chi connectivity index (χ2v) is 6.77. The van der Waals surface area contributed by atoms with Crippen LogP contribution in [-0.2, 0) is 14.3 Å². The van der Waals surface area contributed by atoms with Crippen LogP contribution in [0.3, 0.4) is 0 Å². The van der Waals surface area contributed by atoms with Gasteiger partial charge in [0.1, 0.15) is 6.54 Å². The zero-order valence-corrected chi connectivity index (χ0v) is 15.4. The van der Waals surface area contributed by atoms with Gasteiger partial charge in [-0.05, 0) is 26.2 Å². The molecule has 0 fully saturated rings. The van der Waals surface area contributed by atoms with E-state index in [0.29, 0.717) is 17.4 Å². The molecule has 0 aromatic heterocycles. The number of carbonyl (C=O) groups excluding carboxylic acids is 1.